The standard InChI is InChI=1S/C22H29N3/c1-8-12-21(3,4)13-9-17-16(2)23-20-24(7)18-10-14-22(5,6)15-11-19(18)25(17)20/h8-15H,1-7H3/b12-8-,13-9-. The van der Waals surface area contributed by atoms with Gasteiger partial charge in [0.15, 0.2) is 0 Å². The number of hydrogen-bond acceptors (Lipinski definition) is 1. The Morgan fingerprint density at radius 2 is 1.72 bits per heavy atom. The van der Waals surface area contributed by atoms with Gasteiger partial charge in [0, 0.05) is 17.9 Å². The summed E-state index contributed by atoms with van der Waals surface area (Å²) in [7, 11) is 2.09. The van der Waals surface area contributed by atoms with Crippen molar-refractivity contribution in [2.75, 3.05) is 0 Å². The Labute approximate surface area is 151 Å². The highest BCUT2D eigenvalue weighted by atomic mass is 15.2. The van der Waals surface area contributed by atoms with Crippen LogP contribution in [0, 0.1) is 17.8 Å². The van der Waals surface area contributed by atoms with Crippen molar-refractivity contribution in [3.05, 3.63) is 53.2 Å². The van der Waals surface area contributed by atoms with Crippen molar-refractivity contribution in [3.63, 3.8) is 0 Å². The monoisotopic (exact) mass is 335 g/mol. The van der Waals surface area contributed by atoms with Crippen molar-refractivity contribution < 1.29 is 0 Å². The molecule has 0 atom stereocenters. The molecule has 2 aromatic heterocycles. The second-order valence-electron chi connectivity index (χ2n) is 8.19. The summed E-state index contributed by atoms with van der Waals surface area (Å²) < 4.78 is 4.45. The van der Waals surface area contributed by atoms with E-state index in [1.54, 1.807) is 0 Å². The molecule has 3 rings (SSSR count). The second kappa shape index (κ2) is 5.91. The molecule has 1 aliphatic rings. The average molecular weight is 335 g/mol. The predicted octanol–water partition coefficient (Wildman–Crippen LogP) is 5.66. The highest BCUT2D eigenvalue weighted by molar-refractivity contribution is 5.71. The molecule has 3 nitrogen and oxygen atoms in total. The lowest BCUT2D eigenvalue weighted by Gasteiger charge is -2.14. The summed E-state index contributed by atoms with van der Waals surface area (Å²) in [6, 6.07) is 0. The molecule has 0 N–H and O–H groups in total. The summed E-state index contributed by atoms with van der Waals surface area (Å²) in [5.74, 6) is 0.986. The first-order valence-electron chi connectivity index (χ1n) is 8.94. The first kappa shape index (κ1) is 17.5. The van der Waals surface area contributed by atoms with E-state index < -0.39 is 0 Å². The summed E-state index contributed by atoms with van der Waals surface area (Å²) in [4.78, 5) is 4.82. The summed E-state index contributed by atoms with van der Waals surface area (Å²) in [5, 5.41) is 0. The van der Waals surface area contributed by atoms with Crippen LogP contribution < -0.4 is 0 Å². The quantitative estimate of drug-likeness (QED) is 0.663. The molecule has 0 radical (unpaired) electrons. The van der Waals surface area contributed by atoms with Gasteiger partial charge in [-0.1, -0.05) is 58.1 Å². The van der Waals surface area contributed by atoms with E-state index in [0.717, 1.165) is 17.2 Å². The number of rotatable bonds is 3. The van der Waals surface area contributed by atoms with Crippen LogP contribution >= 0.6 is 0 Å². The molecule has 2 heterocycles. The molecule has 1 aliphatic carbocycles. The Kier molecular flexibility index (Phi) is 4.14. The van der Waals surface area contributed by atoms with Crippen LogP contribution in [0.2, 0.25) is 0 Å². The zero-order chi connectivity index (χ0) is 18.4. The third-order valence-corrected chi connectivity index (χ3v) is 4.85. The molecule has 25 heavy (non-hydrogen) atoms. The number of aryl methyl sites for hydroxylation is 2. The van der Waals surface area contributed by atoms with E-state index in [9.17, 15) is 0 Å². The van der Waals surface area contributed by atoms with Gasteiger partial charge < -0.3 is 4.57 Å². The van der Waals surface area contributed by atoms with E-state index >= 15 is 0 Å². The van der Waals surface area contributed by atoms with E-state index in [1.165, 1.54) is 11.4 Å². The van der Waals surface area contributed by atoms with Gasteiger partial charge >= 0.3 is 0 Å². The number of allylic oxidation sites excluding steroid dienone is 5. The fourth-order valence-electron chi connectivity index (χ4n) is 3.36. The number of fused-ring (bicyclic) bond motifs is 3. The van der Waals surface area contributed by atoms with Gasteiger partial charge in [0.05, 0.1) is 22.8 Å². The van der Waals surface area contributed by atoms with Crippen LogP contribution in [0.15, 0.2) is 30.4 Å². The molecule has 0 saturated carbocycles. The zero-order valence-corrected chi connectivity index (χ0v) is 16.5. The Balaban J connectivity index is 2.21. The zero-order valence-electron chi connectivity index (χ0n) is 16.5. The van der Waals surface area contributed by atoms with Crippen LogP contribution in [-0.4, -0.2) is 14.0 Å². The summed E-state index contributed by atoms with van der Waals surface area (Å²) in [6.07, 6.45) is 17.8. The van der Waals surface area contributed by atoms with Crippen molar-refractivity contribution in [3.8, 4) is 0 Å². The Bertz CT molecular complexity index is 925. The van der Waals surface area contributed by atoms with Crippen molar-refractivity contribution in [1.82, 2.24) is 14.0 Å². The van der Waals surface area contributed by atoms with E-state index in [0.29, 0.717) is 0 Å². The van der Waals surface area contributed by atoms with E-state index in [1.807, 2.05) is 0 Å². The SMILES string of the molecule is C/C=C\C(C)(C)/C=C\c1c(C)nc2n(C)c3c(n12)C=CC(C)(C)C=C3. The summed E-state index contributed by atoms with van der Waals surface area (Å²) in [6.45, 7) is 13.0. The maximum absolute atomic E-state index is 4.82. The Morgan fingerprint density at radius 3 is 2.36 bits per heavy atom. The van der Waals surface area contributed by atoms with E-state index in [4.69, 9.17) is 4.98 Å². The van der Waals surface area contributed by atoms with Crippen molar-refractivity contribution in [1.29, 1.82) is 0 Å². The molecule has 0 bridgehead atoms. The van der Waals surface area contributed by atoms with E-state index in [2.05, 4.69) is 106 Å². The van der Waals surface area contributed by atoms with Crippen molar-refractivity contribution in [2.24, 2.45) is 17.9 Å². The molecule has 0 spiro atoms. The maximum atomic E-state index is 4.82. The van der Waals surface area contributed by atoms with Gasteiger partial charge in [-0.3, -0.25) is 4.40 Å². The van der Waals surface area contributed by atoms with Gasteiger partial charge in [0.1, 0.15) is 0 Å². The maximum Gasteiger partial charge on any atom is 0.215 e. The highest BCUT2D eigenvalue weighted by Gasteiger charge is 2.21. The van der Waals surface area contributed by atoms with Gasteiger partial charge in [0.25, 0.3) is 0 Å². The molecule has 0 amide bonds. The average Bonchev–Trinajstić information content (AvgIpc) is 2.89. The molecule has 0 fully saturated rings. The van der Waals surface area contributed by atoms with Gasteiger partial charge in [-0.05, 0) is 32.1 Å². The third-order valence-electron chi connectivity index (χ3n) is 4.85. The first-order chi connectivity index (χ1) is 11.7. The van der Waals surface area contributed by atoms with Crippen molar-refractivity contribution in [2.45, 2.75) is 41.5 Å². The van der Waals surface area contributed by atoms with E-state index in [-0.39, 0.29) is 10.8 Å². The predicted molar refractivity (Wildman–Crippen MR) is 108 cm³/mol. The van der Waals surface area contributed by atoms with Crippen LogP contribution in [0.1, 0.15) is 57.4 Å². The minimum atomic E-state index is 0.0226. The fourth-order valence-corrected chi connectivity index (χ4v) is 3.36. The first-order valence-corrected chi connectivity index (χ1v) is 8.94. The number of aromatic nitrogens is 3. The molecular weight excluding hydrogens is 306 g/mol. The molecule has 2 aromatic rings. The molecule has 0 saturated heterocycles. The Morgan fingerprint density at radius 1 is 1.08 bits per heavy atom. The number of nitrogens with zero attached hydrogens (tertiary/aromatic N) is 3. The minimum absolute atomic E-state index is 0.0226. The molecule has 3 heteroatoms. The van der Waals surface area contributed by atoms with Gasteiger partial charge in [-0.15, -0.1) is 0 Å². The van der Waals surface area contributed by atoms with Crippen LogP contribution in [0.5, 0.6) is 0 Å². The van der Waals surface area contributed by atoms with Crippen LogP contribution in [0.3, 0.4) is 0 Å². The molecule has 0 aromatic carbocycles. The van der Waals surface area contributed by atoms with Gasteiger partial charge in [0.2, 0.25) is 5.78 Å². The normalized spacial score (nSPS) is 17.1. The van der Waals surface area contributed by atoms with Gasteiger partial charge in [-0.2, -0.15) is 0 Å². The van der Waals surface area contributed by atoms with Crippen LogP contribution in [0.4, 0.5) is 0 Å². The lowest BCUT2D eigenvalue weighted by Crippen LogP contribution is -2.02. The lowest BCUT2D eigenvalue weighted by molar-refractivity contribution is 0.628. The number of imidazole rings is 2. The third kappa shape index (κ3) is 3.15. The molecular formula is C22H29N3. The van der Waals surface area contributed by atoms with Crippen molar-refractivity contribution >= 4 is 24.0 Å². The number of hydrogen-bond donors (Lipinski definition) is 0. The molecule has 132 valence electrons. The van der Waals surface area contributed by atoms with Gasteiger partial charge in [-0.25, -0.2) is 4.98 Å². The Hall–Kier alpha value is -2.29. The topological polar surface area (TPSA) is 22.2 Å². The summed E-state index contributed by atoms with van der Waals surface area (Å²) >= 11 is 0. The second-order valence-corrected chi connectivity index (χ2v) is 8.19. The fraction of sp³-hybridized carbons (Fsp3) is 0.409. The minimum Gasteiger partial charge on any atom is -0.313 e. The van der Waals surface area contributed by atoms with Crippen LogP contribution in [-0.2, 0) is 7.05 Å². The summed E-state index contributed by atoms with van der Waals surface area (Å²) in [5.41, 5.74) is 4.69. The highest BCUT2D eigenvalue weighted by Crippen LogP contribution is 2.31. The van der Waals surface area contributed by atoms with Crippen LogP contribution in [0.25, 0.3) is 24.0 Å². The molecule has 0 aliphatic heterocycles. The largest absolute Gasteiger partial charge is 0.313 e. The molecule has 0 unspecified atom stereocenters. The lowest BCUT2D eigenvalue weighted by atomic mass is 9.92. The smallest absolute Gasteiger partial charge is 0.215 e.